The molecule has 0 aliphatic rings. The van der Waals surface area contributed by atoms with Crippen LogP contribution in [0, 0.1) is 17.2 Å². The first-order valence-corrected chi connectivity index (χ1v) is 5.85. The number of anilines is 1. The highest BCUT2D eigenvalue weighted by molar-refractivity contribution is 5.42. The molecular weight excluding hydrogens is 226 g/mol. The molecule has 0 bridgehead atoms. The van der Waals surface area contributed by atoms with Crippen molar-refractivity contribution in [3.05, 3.63) is 42.5 Å². The van der Waals surface area contributed by atoms with Crippen LogP contribution in [0.4, 0.5) is 5.69 Å². The minimum atomic E-state index is 0.435. The average molecular weight is 241 g/mol. The molecule has 18 heavy (non-hydrogen) atoms. The number of aromatic nitrogens is 3. The van der Waals surface area contributed by atoms with Crippen molar-refractivity contribution in [2.45, 2.75) is 13.5 Å². The van der Waals surface area contributed by atoms with Crippen molar-refractivity contribution in [1.82, 2.24) is 14.8 Å². The fourth-order valence-corrected chi connectivity index (χ4v) is 1.65. The zero-order chi connectivity index (χ0) is 12.8. The number of hydrogen-bond acceptors (Lipinski definition) is 4. The Hall–Kier alpha value is -2.35. The van der Waals surface area contributed by atoms with Crippen LogP contribution in [0.3, 0.4) is 0 Å². The third kappa shape index (κ3) is 3.32. The van der Waals surface area contributed by atoms with E-state index in [0.29, 0.717) is 11.6 Å². The van der Waals surface area contributed by atoms with Crippen LogP contribution in [0.2, 0.25) is 0 Å². The molecule has 0 fully saturated rings. The monoisotopic (exact) mass is 241 g/mol. The van der Waals surface area contributed by atoms with Gasteiger partial charge in [-0.25, -0.2) is 4.98 Å². The van der Waals surface area contributed by atoms with Gasteiger partial charge in [0.05, 0.1) is 11.9 Å². The lowest BCUT2D eigenvalue weighted by molar-refractivity contribution is 0.468. The van der Waals surface area contributed by atoms with E-state index in [0.717, 1.165) is 18.8 Å². The van der Waals surface area contributed by atoms with Crippen LogP contribution < -0.4 is 5.32 Å². The van der Waals surface area contributed by atoms with E-state index in [4.69, 9.17) is 5.26 Å². The van der Waals surface area contributed by atoms with E-state index in [9.17, 15) is 0 Å². The molecule has 0 aliphatic carbocycles. The lowest BCUT2D eigenvalue weighted by Crippen LogP contribution is -2.17. The summed E-state index contributed by atoms with van der Waals surface area (Å²) < 4.78 is 1.92. The van der Waals surface area contributed by atoms with Crippen molar-refractivity contribution >= 4 is 5.69 Å². The molecule has 1 atom stereocenters. The van der Waals surface area contributed by atoms with E-state index in [2.05, 4.69) is 22.3 Å². The third-order valence-electron chi connectivity index (χ3n) is 2.59. The first-order chi connectivity index (χ1) is 8.78. The van der Waals surface area contributed by atoms with Gasteiger partial charge in [0.2, 0.25) is 0 Å². The Morgan fingerprint density at radius 2 is 2.39 bits per heavy atom. The van der Waals surface area contributed by atoms with Gasteiger partial charge >= 0.3 is 0 Å². The second-order valence-electron chi connectivity index (χ2n) is 4.26. The van der Waals surface area contributed by atoms with E-state index in [1.165, 1.54) is 0 Å². The molecule has 2 aromatic heterocycles. The standard InChI is InChI=1S/C13H15N5/c1-11(10-18-6-2-5-17-18)8-15-13-4-3-12(7-14)16-9-13/h2-6,9,11,15H,8,10H2,1H3/t11-/m0/s1. The van der Waals surface area contributed by atoms with Crippen molar-refractivity contribution in [2.75, 3.05) is 11.9 Å². The van der Waals surface area contributed by atoms with Crippen LogP contribution in [-0.2, 0) is 6.54 Å². The number of pyridine rings is 1. The van der Waals surface area contributed by atoms with Gasteiger partial charge in [-0.05, 0) is 24.1 Å². The molecule has 0 unspecified atom stereocenters. The first-order valence-electron chi connectivity index (χ1n) is 5.85. The topological polar surface area (TPSA) is 66.5 Å². The van der Waals surface area contributed by atoms with Crippen molar-refractivity contribution < 1.29 is 0 Å². The number of rotatable bonds is 5. The summed E-state index contributed by atoms with van der Waals surface area (Å²) in [4.78, 5) is 4.01. The molecule has 5 heteroatoms. The molecule has 1 N–H and O–H groups in total. The molecule has 2 aromatic rings. The van der Waals surface area contributed by atoms with Gasteiger partial charge in [-0.15, -0.1) is 0 Å². The van der Waals surface area contributed by atoms with E-state index in [1.807, 2.05) is 29.1 Å². The predicted molar refractivity (Wildman–Crippen MR) is 68.8 cm³/mol. The van der Waals surface area contributed by atoms with Crippen molar-refractivity contribution in [3.63, 3.8) is 0 Å². The molecule has 5 nitrogen and oxygen atoms in total. The number of nitrogens with zero attached hydrogens (tertiary/aromatic N) is 4. The SMILES string of the molecule is C[C@@H](CNc1ccc(C#N)nc1)Cn1cccn1. The van der Waals surface area contributed by atoms with Gasteiger partial charge in [-0.2, -0.15) is 10.4 Å². The van der Waals surface area contributed by atoms with Gasteiger partial charge in [0, 0.05) is 25.5 Å². The Labute approximate surface area is 106 Å². The molecule has 0 aliphatic heterocycles. The molecule has 0 saturated carbocycles. The van der Waals surface area contributed by atoms with Crippen molar-refractivity contribution in [3.8, 4) is 6.07 Å². The summed E-state index contributed by atoms with van der Waals surface area (Å²) >= 11 is 0. The Kier molecular flexibility index (Phi) is 3.92. The highest BCUT2D eigenvalue weighted by atomic mass is 15.3. The van der Waals surface area contributed by atoms with Crippen molar-refractivity contribution in [1.29, 1.82) is 5.26 Å². The maximum atomic E-state index is 8.65. The smallest absolute Gasteiger partial charge is 0.140 e. The van der Waals surface area contributed by atoms with Gasteiger partial charge in [0.25, 0.3) is 0 Å². The Morgan fingerprint density at radius 1 is 1.50 bits per heavy atom. The summed E-state index contributed by atoms with van der Waals surface area (Å²) in [6.07, 6.45) is 5.42. The summed E-state index contributed by atoms with van der Waals surface area (Å²) in [5, 5.41) is 16.1. The molecule has 0 radical (unpaired) electrons. The van der Waals surface area contributed by atoms with E-state index in [1.54, 1.807) is 18.5 Å². The minimum Gasteiger partial charge on any atom is -0.383 e. The molecule has 92 valence electrons. The fourth-order valence-electron chi connectivity index (χ4n) is 1.65. The molecule has 0 aromatic carbocycles. The van der Waals surface area contributed by atoms with Crippen LogP contribution in [0.1, 0.15) is 12.6 Å². The average Bonchev–Trinajstić information content (AvgIpc) is 2.90. The summed E-state index contributed by atoms with van der Waals surface area (Å²) in [7, 11) is 0. The summed E-state index contributed by atoms with van der Waals surface area (Å²) in [5.74, 6) is 0.459. The van der Waals surface area contributed by atoms with E-state index < -0.39 is 0 Å². The number of nitrogens with one attached hydrogen (secondary N) is 1. The quantitative estimate of drug-likeness (QED) is 0.868. The number of nitriles is 1. The largest absolute Gasteiger partial charge is 0.383 e. The zero-order valence-electron chi connectivity index (χ0n) is 10.2. The highest BCUT2D eigenvalue weighted by Gasteiger charge is 2.03. The molecule has 0 amide bonds. The van der Waals surface area contributed by atoms with E-state index >= 15 is 0 Å². The van der Waals surface area contributed by atoms with Crippen LogP contribution in [0.25, 0.3) is 0 Å². The van der Waals surface area contributed by atoms with Gasteiger partial charge in [-0.1, -0.05) is 6.92 Å². The van der Waals surface area contributed by atoms with Crippen LogP contribution in [0.5, 0.6) is 0 Å². The Bertz CT molecular complexity index is 509. The second kappa shape index (κ2) is 5.82. The predicted octanol–water partition coefficient (Wildman–Crippen LogP) is 1.90. The number of hydrogen-bond donors (Lipinski definition) is 1. The fraction of sp³-hybridized carbons (Fsp3) is 0.308. The van der Waals surface area contributed by atoms with Crippen LogP contribution in [-0.4, -0.2) is 21.3 Å². The van der Waals surface area contributed by atoms with Gasteiger partial charge < -0.3 is 5.32 Å². The van der Waals surface area contributed by atoms with Crippen LogP contribution >= 0.6 is 0 Å². The van der Waals surface area contributed by atoms with Gasteiger partial charge in [0.15, 0.2) is 0 Å². The maximum Gasteiger partial charge on any atom is 0.140 e. The third-order valence-corrected chi connectivity index (χ3v) is 2.59. The van der Waals surface area contributed by atoms with Crippen molar-refractivity contribution in [2.24, 2.45) is 5.92 Å². The Balaban J connectivity index is 1.81. The minimum absolute atomic E-state index is 0.435. The molecular formula is C13H15N5. The second-order valence-corrected chi connectivity index (χ2v) is 4.26. The van der Waals surface area contributed by atoms with Gasteiger partial charge in [0.1, 0.15) is 11.8 Å². The first kappa shape index (κ1) is 12.1. The zero-order valence-corrected chi connectivity index (χ0v) is 10.2. The van der Waals surface area contributed by atoms with Gasteiger partial charge in [-0.3, -0.25) is 4.68 Å². The lowest BCUT2D eigenvalue weighted by Gasteiger charge is -2.13. The molecule has 2 rings (SSSR count). The lowest BCUT2D eigenvalue weighted by atomic mass is 10.2. The molecule has 2 heterocycles. The highest BCUT2D eigenvalue weighted by Crippen LogP contribution is 2.07. The summed E-state index contributed by atoms with van der Waals surface area (Å²) in [6, 6.07) is 7.50. The van der Waals surface area contributed by atoms with Crippen LogP contribution in [0.15, 0.2) is 36.8 Å². The summed E-state index contributed by atoms with van der Waals surface area (Å²) in [5.41, 5.74) is 1.37. The molecule has 0 spiro atoms. The van der Waals surface area contributed by atoms with E-state index in [-0.39, 0.29) is 0 Å². The molecule has 0 saturated heterocycles. The Morgan fingerprint density at radius 3 is 3.00 bits per heavy atom. The normalized spacial score (nSPS) is 11.8. The maximum absolute atomic E-state index is 8.65. The summed E-state index contributed by atoms with van der Waals surface area (Å²) in [6.45, 7) is 3.88.